The van der Waals surface area contributed by atoms with Crippen LogP contribution in [0.2, 0.25) is 0 Å². The smallest absolute Gasteiger partial charge is 0.282 e. The summed E-state index contributed by atoms with van der Waals surface area (Å²) in [5.74, 6) is 1.25. The maximum Gasteiger partial charge on any atom is 0.282 e. The first-order valence-corrected chi connectivity index (χ1v) is 10.2. The molecule has 0 saturated carbocycles. The normalized spacial score (nSPS) is 11.2. The molecule has 0 radical (unpaired) electrons. The fourth-order valence-electron chi connectivity index (χ4n) is 3.53. The van der Waals surface area contributed by atoms with Crippen molar-refractivity contribution in [3.8, 4) is 17.7 Å². The molecule has 0 aliphatic heterocycles. The van der Waals surface area contributed by atoms with E-state index in [4.69, 9.17) is 0 Å². The molecule has 0 aliphatic rings. The van der Waals surface area contributed by atoms with Crippen molar-refractivity contribution in [2.24, 2.45) is 0 Å². The lowest BCUT2D eigenvalue weighted by Crippen LogP contribution is -2.08. The maximum atomic E-state index is 13.1. The van der Waals surface area contributed by atoms with Gasteiger partial charge >= 0.3 is 0 Å². The van der Waals surface area contributed by atoms with E-state index in [0.717, 1.165) is 16.9 Å². The Balaban J connectivity index is 1.53. The highest BCUT2D eigenvalue weighted by atomic mass is 19.3. The molecule has 0 unspecified atom stereocenters. The summed E-state index contributed by atoms with van der Waals surface area (Å²) in [6.45, 7) is 3.50. The van der Waals surface area contributed by atoms with Crippen molar-refractivity contribution >= 4 is 22.5 Å². The van der Waals surface area contributed by atoms with Gasteiger partial charge in [0, 0.05) is 11.4 Å². The molecule has 0 saturated heterocycles. The van der Waals surface area contributed by atoms with E-state index in [-0.39, 0.29) is 17.1 Å². The number of nitrogens with zero attached hydrogens (tertiary/aromatic N) is 8. The molecule has 1 aromatic carbocycles. The van der Waals surface area contributed by atoms with Gasteiger partial charge in [-0.05, 0) is 62.4 Å². The average Bonchev–Trinajstić information content (AvgIpc) is 3.43. The summed E-state index contributed by atoms with van der Waals surface area (Å²) in [5, 5.41) is 24.8. The predicted octanol–water partition coefficient (Wildman–Crippen LogP) is 4.57. The second-order valence-electron chi connectivity index (χ2n) is 7.58. The molecular weight excluding hydrogens is 440 g/mol. The van der Waals surface area contributed by atoms with Gasteiger partial charge in [0.1, 0.15) is 23.9 Å². The number of hydrogen-bond acceptors (Lipinski definition) is 7. The van der Waals surface area contributed by atoms with Crippen molar-refractivity contribution in [3.63, 3.8) is 0 Å². The Labute approximate surface area is 192 Å². The Bertz CT molecular complexity index is 1550. The van der Waals surface area contributed by atoms with Gasteiger partial charge in [-0.1, -0.05) is 0 Å². The lowest BCUT2D eigenvalue weighted by Gasteiger charge is -2.10. The predicted molar refractivity (Wildman–Crippen MR) is 120 cm³/mol. The van der Waals surface area contributed by atoms with Gasteiger partial charge in [0.25, 0.3) is 6.43 Å². The molecule has 11 heteroatoms. The first-order chi connectivity index (χ1) is 16.4. The van der Waals surface area contributed by atoms with E-state index >= 15 is 0 Å². The van der Waals surface area contributed by atoms with Crippen molar-refractivity contribution in [2.75, 3.05) is 5.32 Å². The summed E-state index contributed by atoms with van der Waals surface area (Å²) >= 11 is 0. The van der Waals surface area contributed by atoms with E-state index in [2.05, 4.69) is 30.6 Å². The second kappa shape index (κ2) is 8.32. The highest BCUT2D eigenvalue weighted by molar-refractivity contribution is 5.82. The van der Waals surface area contributed by atoms with Crippen molar-refractivity contribution in [1.82, 2.24) is 34.5 Å². The van der Waals surface area contributed by atoms with Crippen LogP contribution in [0.5, 0.6) is 0 Å². The largest absolute Gasteiger partial charge is 0.339 e. The number of aromatic nitrogens is 7. The van der Waals surface area contributed by atoms with E-state index in [1.807, 2.05) is 43.3 Å². The quantitative estimate of drug-likeness (QED) is 0.412. The van der Waals surface area contributed by atoms with Crippen LogP contribution >= 0.6 is 0 Å². The molecule has 5 rings (SSSR count). The first kappa shape index (κ1) is 21.1. The van der Waals surface area contributed by atoms with Crippen molar-refractivity contribution in [2.45, 2.75) is 20.3 Å². The number of halogens is 2. The number of hydrogen-bond donors (Lipinski definition) is 1. The molecule has 0 bridgehead atoms. The third-order valence-corrected chi connectivity index (χ3v) is 5.18. The van der Waals surface area contributed by atoms with Crippen LogP contribution in [-0.2, 0) is 0 Å². The molecule has 0 amide bonds. The summed E-state index contributed by atoms with van der Waals surface area (Å²) in [4.78, 5) is 9.02. The van der Waals surface area contributed by atoms with Crippen LogP contribution in [0, 0.1) is 25.2 Å². The van der Waals surface area contributed by atoms with Gasteiger partial charge in [-0.2, -0.15) is 15.5 Å². The Kier molecular flexibility index (Phi) is 5.18. The van der Waals surface area contributed by atoms with Crippen LogP contribution in [-0.4, -0.2) is 34.5 Å². The number of fused-ring (bicyclic) bond motifs is 1. The van der Waals surface area contributed by atoms with E-state index in [9.17, 15) is 14.0 Å². The van der Waals surface area contributed by atoms with Gasteiger partial charge in [-0.15, -0.1) is 5.10 Å². The zero-order valence-corrected chi connectivity index (χ0v) is 18.1. The topological polar surface area (TPSA) is 110 Å². The zero-order valence-electron chi connectivity index (χ0n) is 18.1. The van der Waals surface area contributed by atoms with Crippen LogP contribution in [0.25, 0.3) is 22.7 Å². The summed E-state index contributed by atoms with van der Waals surface area (Å²) < 4.78 is 29.3. The zero-order chi connectivity index (χ0) is 23.8. The van der Waals surface area contributed by atoms with Gasteiger partial charge in [0.2, 0.25) is 0 Å². The van der Waals surface area contributed by atoms with Gasteiger partial charge in [0.15, 0.2) is 11.6 Å². The van der Waals surface area contributed by atoms with Gasteiger partial charge in [0.05, 0.1) is 22.3 Å². The van der Waals surface area contributed by atoms with Crippen molar-refractivity contribution in [3.05, 3.63) is 77.5 Å². The molecule has 0 atom stereocenters. The number of nitriles is 1. The van der Waals surface area contributed by atoms with Gasteiger partial charge < -0.3 is 5.32 Å². The van der Waals surface area contributed by atoms with E-state index < -0.39 is 6.43 Å². The molecule has 9 nitrogen and oxygen atoms in total. The number of benzene rings is 1. The summed E-state index contributed by atoms with van der Waals surface area (Å²) in [5.41, 5.74) is 3.37. The molecule has 34 heavy (non-hydrogen) atoms. The second-order valence-corrected chi connectivity index (χ2v) is 7.58. The minimum absolute atomic E-state index is 0.169. The van der Waals surface area contributed by atoms with E-state index in [1.165, 1.54) is 10.7 Å². The Morgan fingerprint density at radius 2 is 1.88 bits per heavy atom. The lowest BCUT2D eigenvalue weighted by atomic mass is 10.2. The summed E-state index contributed by atoms with van der Waals surface area (Å²) in [6, 6.07) is 15.9. The third-order valence-electron chi connectivity index (χ3n) is 5.18. The molecule has 4 heterocycles. The molecule has 0 spiro atoms. The van der Waals surface area contributed by atoms with Crippen LogP contribution in [0.3, 0.4) is 0 Å². The van der Waals surface area contributed by atoms with E-state index in [0.29, 0.717) is 22.8 Å². The average molecular weight is 457 g/mol. The minimum atomic E-state index is -2.72. The summed E-state index contributed by atoms with van der Waals surface area (Å²) in [6.07, 6.45) is -1.11. The van der Waals surface area contributed by atoms with Crippen LogP contribution < -0.4 is 5.32 Å². The Morgan fingerprint density at radius 3 is 2.59 bits per heavy atom. The highest BCUT2D eigenvalue weighted by Gasteiger charge is 2.18. The van der Waals surface area contributed by atoms with Crippen LogP contribution in [0.4, 0.5) is 20.3 Å². The highest BCUT2D eigenvalue weighted by Crippen LogP contribution is 2.25. The molecule has 168 valence electrons. The van der Waals surface area contributed by atoms with Crippen LogP contribution in [0.1, 0.15) is 29.1 Å². The molecule has 0 aliphatic carbocycles. The van der Waals surface area contributed by atoms with Gasteiger partial charge in [-0.3, -0.25) is 4.57 Å². The molecule has 5 aromatic rings. The molecule has 1 N–H and O–H groups in total. The SMILES string of the molecule is Cc1ccc(Nc2ccc3c(c2)ncn3-c2ccc(C#N)c(-n3nc(C(F)F)cc3C)n2)nn1. The fourth-order valence-corrected chi connectivity index (χ4v) is 3.53. The third kappa shape index (κ3) is 3.81. The number of pyridine rings is 1. The van der Waals surface area contributed by atoms with Gasteiger partial charge in [-0.25, -0.2) is 23.4 Å². The van der Waals surface area contributed by atoms with Crippen molar-refractivity contribution < 1.29 is 8.78 Å². The molecule has 0 fully saturated rings. The minimum Gasteiger partial charge on any atom is -0.339 e. The summed E-state index contributed by atoms with van der Waals surface area (Å²) in [7, 11) is 0. The fraction of sp³-hybridized carbons (Fsp3) is 0.130. The number of imidazole rings is 1. The number of rotatable bonds is 5. The number of nitrogens with one attached hydrogen (secondary N) is 1. The lowest BCUT2D eigenvalue weighted by molar-refractivity contribution is 0.145. The van der Waals surface area contributed by atoms with E-state index in [1.54, 1.807) is 30.0 Å². The number of alkyl halides is 2. The Morgan fingerprint density at radius 1 is 1.03 bits per heavy atom. The Hall–Kier alpha value is -4.72. The molecular formula is C23H17F2N9. The monoisotopic (exact) mass is 457 g/mol. The number of anilines is 2. The first-order valence-electron chi connectivity index (χ1n) is 10.2. The number of aryl methyl sites for hydroxylation is 2. The van der Waals surface area contributed by atoms with Crippen LogP contribution in [0.15, 0.2) is 54.9 Å². The maximum absolute atomic E-state index is 13.1. The standard InChI is InChI=1S/C23H17F2N9/c1-13-3-7-20(31-30-13)28-16-5-6-19-17(10-16)27-12-33(19)21-8-4-15(11-26)23(29-21)34-14(2)9-18(32-34)22(24)25/h3-10,12,22H,1-2H3,(H,28,31). The molecule has 4 aromatic heterocycles. The van der Waals surface area contributed by atoms with Crippen molar-refractivity contribution in [1.29, 1.82) is 5.26 Å².